The Morgan fingerprint density at radius 3 is 1.67 bits per heavy atom. The highest BCUT2D eigenvalue weighted by Gasteiger charge is 2.31. The predicted octanol–water partition coefficient (Wildman–Crippen LogP) is 3.85. The lowest BCUT2D eigenvalue weighted by Gasteiger charge is -2.21. The summed E-state index contributed by atoms with van der Waals surface area (Å²) in [5.41, 5.74) is 0. The Kier molecular flexibility index (Phi) is 4.65. The van der Waals surface area contributed by atoms with Crippen LogP contribution >= 0.6 is 7.37 Å². The number of hydrogen-bond acceptors (Lipinski definition) is 4. The first kappa shape index (κ1) is 15.9. The van der Waals surface area contributed by atoms with Gasteiger partial charge in [0, 0.05) is 0 Å². The van der Waals surface area contributed by atoms with Gasteiger partial charge in [-0.2, -0.15) is 0 Å². The van der Waals surface area contributed by atoms with Crippen LogP contribution in [0.15, 0.2) is 84.9 Å². The van der Waals surface area contributed by atoms with E-state index in [1.807, 2.05) is 36.4 Å². The maximum atomic E-state index is 13.8. The maximum absolute atomic E-state index is 13.8. The molecule has 0 aromatic heterocycles. The molecule has 0 aliphatic heterocycles. The van der Waals surface area contributed by atoms with Crippen molar-refractivity contribution in [1.29, 1.82) is 5.26 Å². The van der Waals surface area contributed by atoms with Gasteiger partial charge in [-0.05, 0) is 36.4 Å². The highest BCUT2D eigenvalue weighted by atomic mass is 31.2. The van der Waals surface area contributed by atoms with Gasteiger partial charge in [-0.15, -0.1) is 5.26 Å². The Bertz CT molecular complexity index is 861. The number of para-hydroxylation sites is 2. The maximum Gasteiger partial charge on any atom is 0.306 e. The fourth-order valence-electron chi connectivity index (χ4n) is 2.30. The smallest absolute Gasteiger partial charge is 0.306 e. The van der Waals surface area contributed by atoms with E-state index < -0.39 is 7.37 Å². The minimum atomic E-state index is -3.39. The van der Waals surface area contributed by atoms with E-state index in [1.165, 1.54) is 0 Å². The van der Waals surface area contributed by atoms with Gasteiger partial charge in [0.15, 0.2) is 11.5 Å². The summed E-state index contributed by atoms with van der Waals surface area (Å²) in [5, 5.41) is 9.92. The van der Waals surface area contributed by atoms with E-state index in [0.717, 1.165) is 0 Å². The average molecular weight is 335 g/mol. The summed E-state index contributed by atoms with van der Waals surface area (Å²) in [6.45, 7) is 0. The van der Waals surface area contributed by atoms with Crippen molar-refractivity contribution in [2.75, 3.05) is 0 Å². The van der Waals surface area contributed by atoms with Gasteiger partial charge in [0.1, 0.15) is 0 Å². The highest BCUT2D eigenvalue weighted by molar-refractivity contribution is 7.74. The van der Waals surface area contributed by atoms with Crippen LogP contribution in [0.25, 0.3) is 0 Å². The molecule has 3 aromatic rings. The molecule has 5 heteroatoms. The predicted molar refractivity (Wildman–Crippen MR) is 93.1 cm³/mol. The standard InChI is InChI=1S/C19H14NO3P/c20-15-22-18-13-7-8-14-19(18)23-24(21,16-9-3-1-4-10-16)17-11-5-2-6-12-17/h1-14H. The second-order valence-corrected chi connectivity index (χ2v) is 7.27. The van der Waals surface area contributed by atoms with Gasteiger partial charge < -0.3 is 9.26 Å². The molecular formula is C19H14NO3P. The summed E-state index contributed by atoms with van der Waals surface area (Å²) < 4.78 is 24.6. The topological polar surface area (TPSA) is 59.3 Å². The highest BCUT2D eigenvalue weighted by Crippen LogP contribution is 2.47. The van der Waals surface area contributed by atoms with Crippen LogP contribution in [0.3, 0.4) is 0 Å². The lowest BCUT2D eigenvalue weighted by molar-refractivity contribution is 0.455. The minimum absolute atomic E-state index is 0.229. The van der Waals surface area contributed by atoms with Crippen LogP contribution in [0.5, 0.6) is 11.5 Å². The monoisotopic (exact) mass is 335 g/mol. The Morgan fingerprint density at radius 2 is 1.17 bits per heavy atom. The molecule has 0 saturated heterocycles. The molecule has 0 atom stereocenters. The molecule has 0 aliphatic carbocycles. The fraction of sp³-hybridized carbons (Fsp3) is 0. The van der Waals surface area contributed by atoms with Crippen molar-refractivity contribution in [3.8, 4) is 17.8 Å². The molecule has 0 unspecified atom stereocenters. The zero-order chi connectivity index (χ0) is 16.8. The Labute approximate surface area is 140 Å². The Hall–Kier alpha value is -3.02. The molecular weight excluding hydrogens is 321 g/mol. The molecule has 0 aliphatic rings. The molecule has 24 heavy (non-hydrogen) atoms. The lowest BCUT2D eigenvalue weighted by Crippen LogP contribution is -2.20. The molecule has 0 fully saturated rings. The summed E-state index contributed by atoms with van der Waals surface area (Å²) in [5.74, 6) is 0.488. The summed E-state index contributed by atoms with van der Waals surface area (Å²) in [7, 11) is -3.39. The third kappa shape index (κ3) is 3.17. The zero-order valence-electron chi connectivity index (χ0n) is 12.7. The number of rotatable bonds is 5. The van der Waals surface area contributed by atoms with Crippen LogP contribution in [0.1, 0.15) is 0 Å². The molecule has 0 N–H and O–H groups in total. The Balaban J connectivity index is 2.11. The number of benzene rings is 3. The summed E-state index contributed by atoms with van der Waals surface area (Å²) in [6, 6.07) is 24.7. The third-order valence-corrected chi connectivity index (χ3v) is 5.83. The molecule has 118 valence electrons. The number of hydrogen-bond donors (Lipinski definition) is 0. The average Bonchev–Trinajstić information content (AvgIpc) is 2.65. The van der Waals surface area contributed by atoms with Crippen molar-refractivity contribution in [1.82, 2.24) is 0 Å². The SMILES string of the molecule is N#COc1ccccc1OP(=O)(c1ccccc1)c1ccccc1. The van der Waals surface area contributed by atoms with E-state index in [4.69, 9.17) is 14.5 Å². The van der Waals surface area contributed by atoms with Crippen molar-refractivity contribution in [2.24, 2.45) is 0 Å². The Morgan fingerprint density at radius 1 is 0.708 bits per heavy atom. The fourth-order valence-corrected chi connectivity index (χ4v) is 4.37. The van der Waals surface area contributed by atoms with Crippen molar-refractivity contribution in [3.05, 3.63) is 84.9 Å². The third-order valence-electron chi connectivity index (χ3n) is 3.42. The van der Waals surface area contributed by atoms with Gasteiger partial charge in [0.25, 0.3) is 6.26 Å². The summed E-state index contributed by atoms with van der Waals surface area (Å²) in [6.07, 6.45) is 1.62. The molecule has 4 nitrogen and oxygen atoms in total. The summed E-state index contributed by atoms with van der Waals surface area (Å²) in [4.78, 5) is 0. The van der Waals surface area contributed by atoms with E-state index in [2.05, 4.69) is 0 Å². The second-order valence-electron chi connectivity index (χ2n) is 4.95. The van der Waals surface area contributed by atoms with E-state index in [1.54, 1.807) is 54.8 Å². The van der Waals surface area contributed by atoms with Gasteiger partial charge in [-0.25, -0.2) is 0 Å². The number of nitrogens with zero attached hydrogens (tertiary/aromatic N) is 1. The molecule has 0 bridgehead atoms. The second kappa shape index (κ2) is 7.04. The van der Waals surface area contributed by atoms with E-state index >= 15 is 0 Å². The van der Waals surface area contributed by atoms with Gasteiger partial charge >= 0.3 is 7.37 Å². The van der Waals surface area contributed by atoms with Crippen LogP contribution in [0, 0.1) is 11.5 Å². The van der Waals surface area contributed by atoms with Crippen LogP contribution in [0.2, 0.25) is 0 Å². The first-order chi connectivity index (χ1) is 11.7. The molecule has 0 amide bonds. The molecule has 0 heterocycles. The van der Waals surface area contributed by atoms with Crippen molar-refractivity contribution in [2.45, 2.75) is 0 Å². The molecule has 3 rings (SSSR count). The molecule has 3 aromatic carbocycles. The van der Waals surface area contributed by atoms with E-state index in [0.29, 0.717) is 10.6 Å². The van der Waals surface area contributed by atoms with Gasteiger partial charge in [0.2, 0.25) is 0 Å². The van der Waals surface area contributed by atoms with Crippen molar-refractivity contribution >= 4 is 18.0 Å². The van der Waals surface area contributed by atoms with Gasteiger partial charge in [-0.3, -0.25) is 4.57 Å². The minimum Gasteiger partial charge on any atom is -0.433 e. The molecule has 0 spiro atoms. The number of ether oxygens (including phenoxy) is 1. The van der Waals surface area contributed by atoms with E-state index in [-0.39, 0.29) is 11.5 Å². The van der Waals surface area contributed by atoms with Crippen molar-refractivity contribution in [3.63, 3.8) is 0 Å². The van der Waals surface area contributed by atoms with Crippen LogP contribution < -0.4 is 19.9 Å². The van der Waals surface area contributed by atoms with Crippen LogP contribution in [-0.4, -0.2) is 0 Å². The first-order valence-electron chi connectivity index (χ1n) is 7.30. The van der Waals surface area contributed by atoms with Crippen molar-refractivity contribution < 1.29 is 13.8 Å². The van der Waals surface area contributed by atoms with Crippen LogP contribution in [0.4, 0.5) is 0 Å². The van der Waals surface area contributed by atoms with Crippen LogP contribution in [-0.2, 0) is 4.57 Å². The van der Waals surface area contributed by atoms with Gasteiger partial charge in [0.05, 0.1) is 10.6 Å². The normalized spacial score (nSPS) is 10.6. The first-order valence-corrected chi connectivity index (χ1v) is 8.92. The van der Waals surface area contributed by atoms with Gasteiger partial charge in [-0.1, -0.05) is 48.5 Å². The number of nitriles is 1. The largest absolute Gasteiger partial charge is 0.433 e. The lowest BCUT2D eigenvalue weighted by atomic mass is 10.3. The molecule has 0 radical (unpaired) electrons. The summed E-state index contributed by atoms with van der Waals surface area (Å²) >= 11 is 0. The zero-order valence-corrected chi connectivity index (χ0v) is 13.6. The molecule has 0 saturated carbocycles. The quantitative estimate of drug-likeness (QED) is 0.525. The van der Waals surface area contributed by atoms with E-state index in [9.17, 15) is 4.57 Å².